The molecular formula is C36H59N5O7S. The van der Waals surface area contributed by atoms with Gasteiger partial charge < -0.3 is 26.2 Å². The molecule has 1 unspecified atom stereocenters. The van der Waals surface area contributed by atoms with Crippen LogP contribution in [0.25, 0.3) is 0 Å². The average Bonchev–Trinajstić information content (AvgIpc) is 3.54. The molecule has 5 amide bonds. The summed E-state index contributed by atoms with van der Waals surface area (Å²) in [5.41, 5.74) is -1.53. The topological polar surface area (TPSA) is 171 Å². The smallest absolute Gasteiger partial charge is 0.315 e. The van der Waals surface area contributed by atoms with Crippen LogP contribution in [0.2, 0.25) is 0 Å². The van der Waals surface area contributed by atoms with Gasteiger partial charge in [0.05, 0.1) is 28.6 Å². The van der Waals surface area contributed by atoms with E-state index >= 15 is 0 Å². The number of amides is 5. The Hall–Kier alpha value is -3.14. The predicted molar refractivity (Wildman–Crippen MR) is 189 cm³/mol. The minimum Gasteiger partial charge on any atom is -0.344 e. The number of Topliss-reactive ketones (excluding diaryl/α,β-unsaturated/α-hetero) is 1. The van der Waals surface area contributed by atoms with Gasteiger partial charge >= 0.3 is 6.03 Å². The van der Waals surface area contributed by atoms with Crippen molar-refractivity contribution in [2.24, 2.45) is 5.41 Å². The van der Waals surface area contributed by atoms with E-state index in [-0.39, 0.29) is 24.6 Å². The van der Waals surface area contributed by atoms with Crippen molar-refractivity contribution < 1.29 is 32.4 Å². The summed E-state index contributed by atoms with van der Waals surface area (Å²) in [7, 11) is -3.56. The Balaban J connectivity index is 1.85. The van der Waals surface area contributed by atoms with Gasteiger partial charge in [-0.3, -0.25) is 19.2 Å². The van der Waals surface area contributed by atoms with E-state index in [9.17, 15) is 32.4 Å². The fourth-order valence-electron chi connectivity index (χ4n) is 7.49. The molecule has 3 aliphatic rings. The summed E-state index contributed by atoms with van der Waals surface area (Å²) < 4.78 is 25.7. The highest BCUT2D eigenvalue weighted by atomic mass is 32.2. The molecule has 1 heterocycles. The van der Waals surface area contributed by atoms with Crippen molar-refractivity contribution in [2.45, 2.75) is 159 Å². The highest BCUT2D eigenvalue weighted by Crippen LogP contribution is 2.40. The van der Waals surface area contributed by atoms with Crippen LogP contribution in [0.4, 0.5) is 4.79 Å². The Morgan fingerprint density at radius 3 is 2.12 bits per heavy atom. The van der Waals surface area contributed by atoms with Gasteiger partial charge in [0.15, 0.2) is 9.84 Å². The number of urea groups is 1. The first-order valence-corrected chi connectivity index (χ1v) is 19.8. The summed E-state index contributed by atoms with van der Waals surface area (Å²) in [5.74, 6) is -0.475. The molecule has 2 saturated carbocycles. The lowest BCUT2D eigenvalue weighted by molar-refractivity contribution is -0.144. The fourth-order valence-corrected chi connectivity index (χ4v) is 9.02. The average molecular weight is 706 g/mol. The summed E-state index contributed by atoms with van der Waals surface area (Å²) in [6.45, 7) is 9.11. The van der Waals surface area contributed by atoms with Crippen LogP contribution in [-0.4, -0.2) is 90.1 Å². The number of likely N-dealkylation sites (tertiary alicyclic amines) is 1. The standard InChI is InChI=1S/C36H59N5O7S/c1-7-9-17-26(28(42)31(44)37-23-8-2)38-30(43)27-18-16-24-41(27)32(45)29(35(6)19-12-10-13-20-35)39-33(46)40-36(21-14-11-15-22-36)25-49(47,48)34(3,4)5/h2,26-27,29H,7,9-25H2,1,3-6H3,(H,37,44)(H,38,43)(H2,39,40,46)/t26?,27-,29+/m0/s1. The van der Waals surface area contributed by atoms with Crippen LogP contribution in [-0.2, 0) is 29.0 Å². The van der Waals surface area contributed by atoms with Crippen molar-refractivity contribution in [3.8, 4) is 12.3 Å². The van der Waals surface area contributed by atoms with Crippen LogP contribution in [0.1, 0.15) is 131 Å². The van der Waals surface area contributed by atoms with E-state index in [0.29, 0.717) is 51.5 Å². The summed E-state index contributed by atoms with van der Waals surface area (Å²) in [5, 5.41) is 11.1. The fraction of sp³-hybridized carbons (Fsp3) is 0.806. The molecule has 1 saturated heterocycles. The highest BCUT2D eigenvalue weighted by molar-refractivity contribution is 7.92. The first kappa shape index (κ1) is 40.3. The van der Waals surface area contributed by atoms with Crippen LogP contribution in [0, 0.1) is 17.8 Å². The van der Waals surface area contributed by atoms with E-state index in [4.69, 9.17) is 6.42 Å². The molecule has 0 spiro atoms. The second-order valence-electron chi connectivity index (χ2n) is 15.6. The Morgan fingerprint density at radius 1 is 0.939 bits per heavy atom. The Labute approximate surface area is 293 Å². The molecule has 0 aromatic heterocycles. The lowest BCUT2D eigenvalue weighted by Crippen LogP contribution is -2.64. The maximum Gasteiger partial charge on any atom is 0.315 e. The van der Waals surface area contributed by atoms with Gasteiger partial charge in [0, 0.05) is 6.54 Å². The number of sulfone groups is 1. The molecule has 276 valence electrons. The molecule has 4 N–H and O–H groups in total. The minimum absolute atomic E-state index is 0.113. The number of unbranched alkanes of at least 4 members (excludes halogenated alkanes) is 1. The van der Waals surface area contributed by atoms with Gasteiger partial charge in [0.1, 0.15) is 12.1 Å². The number of hydrogen-bond acceptors (Lipinski definition) is 7. The number of rotatable bonds is 14. The molecule has 3 rings (SSSR count). The van der Waals surface area contributed by atoms with Gasteiger partial charge in [-0.05, 0) is 71.1 Å². The molecule has 2 aliphatic carbocycles. The SMILES string of the molecule is C#CCNC(=O)C(=O)C(CCCC)NC(=O)[C@@H]1CCCN1C(=O)[C@@H](NC(=O)NC1(CS(=O)(=O)C(C)(C)C)CCCCC1)C1(C)CCCCC1. The van der Waals surface area contributed by atoms with E-state index < -0.39 is 67.3 Å². The first-order valence-electron chi connectivity index (χ1n) is 18.2. The van der Waals surface area contributed by atoms with Crippen LogP contribution in [0.15, 0.2) is 0 Å². The van der Waals surface area contributed by atoms with Crippen molar-refractivity contribution in [3.63, 3.8) is 0 Å². The zero-order valence-electron chi connectivity index (χ0n) is 30.3. The minimum atomic E-state index is -3.56. The molecule has 0 aromatic rings. The van der Waals surface area contributed by atoms with Crippen LogP contribution in [0.3, 0.4) is 0 Å². The number of nitrogens with one attached hydrogen (secondary N) is 4. The van der Waals surface area contributed by atoms with Gasteiger partial charge in [-0.25, -0.2) is 13.2 Å². The lowest BCUT2D eigenvalue weighted by atomic mass is 9.70. The van der Waals surface area contributed by atoms with Crippen LogP contribution >= 0.6 is 0 Å². The van der Waals surface area contributed by atoms with E-state index in [2.05, 4.69) is 27.2 Å². The maximum atomic E-state index is 14.5. The monoisotopic (exact) mass is 705 g/mol. The van der Waals surface area contributed by atoms with Crippen molar-refractivity contribution in [1.29, 1.82) is 0 Å². The molecule has 0 radical (unpaired) electrons. The van der Waals surface area contributed by atoms with Gasteiger partial charge in [-0.1, -0.05) is 71.1 Å². The Bertz CT molecular complexity index is 1350. The second-order valence-corrected chi connectivity index (χ2v) is 18.3. The normalized spacial score (nSPS) is 21.8. The zero-order chi connectivity index (χ0) is 36.5. The van der Waals surface area contributed by atoms with Crippen molar-refractivity contribution in [2.75, 3.05) is 18.8 Å². The van der Waals surface area contributed by atoms with E-state index in [1.54, 1.807) is 20.8 Å². The summed E-state index contributed by atoms with van der Waals surface area (Å²) in [6.07, 6.45) is 15.6. The maximum absolute atomic E-state index is 14.5. The third kappa shape index (κ3) is 10.4. The van der Waals surface area contributed by atoms with Crippen LogP contribution < -0.4 is 21.3 Å². The molecular weight excluding hydrogens is 646 g/mol. The second kappa shape index (κ2) is 17.2. The molecule has 12 nitrogen and oxygen atoms in total. The first-order chi connectivity index (χ1) is 23.0. The van der Waals surface area contributed by atoms with E-state index in [0.717, 1.165) is 44.9 Å². The van der Waals surface area contributed by atoms with Crippen molar-refractivity contribution in [3.05, 3.63) is 0 Å². The molecule has 13 heteroatoms. The number of terminal acetylenes is 1. The van der Waals surface area contributed by atoms with Gasteiger partial charge in [-0.15, -0.1) is 6.42 Å². The number of hydrogen-bond donors (Lipinski definition) is 4. The number of nitrogens with zero attached hydrogens (tertiary/aromatic N) is 1. The van der Waals surface area contributed by atoms with Crippen molar-refractivity contribution >= 4 is 39.4 Å². The number of carbonyl (C=O) groups excluding carboxylic acids is 5. The van der Waals surface area contributed by atoms with Gasteiger partial charge in [0.25, 0.3) is 5.91 Å². The molecule has 0 bridgehead atoms. The zero-order valence-corrected chi connectivity index (χ0v) is 31.1. The van der Waals surface area contributed by atoms with E-state index in [1.165, 1.54) is 4.90 Å². The third-order valence-corrected chi connectivity index (χ3v) is 13.5. The number of ketones is 1. The molecule has 3 atom stereocenters. The quantitative estimate of drug-likeness (QED) is 0.158. The van der Waals surface area contributed by atoms with Crippen molar-refractivity contribution in [1.82, 2.24) is 26.2 Å². The summed E-state index contributed by atoms with van der Waals surface area (Å²) >= 11 is 0. The predicted octanol–water partition coefficient (Wildman–Crippen LogP) is 3.53. The lowest BCUT2D eigenvalue weighted by Gasteiger charge is -2.44. The molecule has 1 aliphatic heterocycles. The summed E-state index contributed by atoms with van der Waals surface area (Å²) in [4.78, 5) is 69.0. The largest absolute Gasteiger partial charge is 0.344 e. The molecule has 49 heavy (non-hydrogen) atoms. The number of carbonyl (C=O) groups is 5. The van der Waals surface area contributed by atoms with Gasteiger partial charge in [0.2, 0.25) is 17.6 Å². The Morgan fingerprint density at radius 2 is 1.55 bits per heavy atom. The third-order valence-electron chi connectivity index (χ3n) is 10.7. The van der Waals surface area contributed by atoms with E-state index in [1.807, 2.05) is 13.8 Å². The highest BCUT2D eigenvalue weighted by Gasteiger charge is 2.48. The Kier molecular flexibility index (Phi) is 14.1. The molecule has 0 aromatic carbocycles. The van der Waals surface area contributed by atoms with Gasteiger partial charge in [-0.2, -0.15) is 0 Å². The summed E-state index contributed by atoms with van der Waals surface area (Å²) in [6, 6.07) is -3.47. The molecule has 3 fully saturated rings. The van der Waals surface area contributed by atoms with Crippen LogP contribution in [0.5, 0.6) is 0 Å².